The van der Waals surface area contributed by atoms with Crippen LogP contribution in [0.3, 0.4) is 0 Å². The van der Waals surface area contributed by atoms with Crippen LogP contribution in [0.4, 0.5) is 10.2 Å². The fraction of sp³-hybridized carbons (Fsp3) is 0.0526. The normalized spacial score (nSPS) is 10.5. The molecule has 0 atom stereocenters. The van der Waals surface area contributed by atoms with Gasteiger partial charge >= 0.3 is 0 Å². The maximum Gasteiger partial charge on any atom is 0.142 e. The molecule has 3 nitrogen and oxygen atoms in total. The van der Waals surface area contributed by atoms with E-state index in [0.717, 1.165) is 15.6 Å². The molecule has 0 aliphatic carbocycles. The number of rotatable bonds is 2. The Kier molecular flexibility index (Phi) is 4.76. The summed E-state index contributed by atoms with van der Waals surface area (Å²) in [5.41, 5.74) is 9.57. The minimum atomic E-state index is -0.553. The Morgan fingerprint density at radius 1 is 1.16 bits per heavy atom. The van der Waals surface area contributed by atoms with Crippen molar-refractivity contribution in [3.8, 4) is 28.5 Å². The number of aromatic nitrogens is 1. The number of anilines is 1. The van der Waals surface area contributed by atoms with Crippen LogP contribution in [-0.4, -0.2) is 4.98 Å². The molecule has 0 aliphatic heterocycles. The zero-order valence-corrected chi connectivity index (χ0v) is 15.5. The van der Waals surface area contributed by atoms with Crippen molar-refractivity contribution in [3.05, 3.63) is 68.9 Å². The fourth-order valence-electron chi connectivity index (χ4n) is 2.71. The highest BCUT2D eigenvalue weighted by molar-refractivity contribution is 9.10. The van der Waals surface area contributed by atoms with Crippen LogP contribution < -0.4 is 5.73 Å². The summed E-state index contributed by atoms with van der Waals surface area (Å²) in [5.74, 6) is -0.445. The highest BCUT2D eigenvalue weighted by atomic mass is 79.9. The van der Waals surface area contributed by atoms with Crippen molar-refractivity contribution in [2.45, 2.75) is 6.92 Å². The van der Waals surface area contributed by atoms with Gasteiger partial charge in [-0.05, 0) is 42.3 Å². The second kappa shape index (κ2) is 6.83. The van der Waals surface area contributed by atoms with E-state index in [0.29, 0.717) is 16.8 Å². The predicted octanol–water partition coefficient (Wildman–Crippen LogP) is 5.73. The SMILES string of the molecule is Cc1c(-c2ccc(Br)cc2)nc(N)c(C#N)c1-c1ccc(Cl)c(F)c1. The predicted molar refractivity (Wildman–Crippen MR) is 102 cm³/mol. The monoisotopic (exact) mass is 415 g/mol. The Labute approximate surface area is 158 Å². The van der Waals surface area contributed by atoms with E-state index in [9.17, 15) is 9.65 Å². The van der Waals surface area contributed by atoms with Gasteiger partial charge in [0.05, 0.1) is 10.7 Å². The molecule has 1 heterocycles. The Morgan fingerprint density at radius 2 is 1.80 bits per heavy atom. The molecule has 3 rings (SSSR count). The van der Waals surface area contributed by atoms with Crippen LogP contribution in [-0.2, 0) is 0 Å². The number of nitriles is 1. The molecule has 0 unspecified atom stereocenters. The lowest BCUT2D eigenvalue weighted by molar-refractivity contribution is 0.629. The van der Waals surface area contributed by atoms with Crippen LogP contribution in [0, 0.1) is 24.1 Å². The lowest BCUT2D eigenvalue weighted by Gasteiger charge is -2.15. The summed E-state index contributed by atoms with van der Waals surface area (Å²) in [6.07, 6.45) is 0. The molecule has 2 aromatic carbocycles. The van der Waals surface area contributed by atoms with E-state index in [1.807, 2.05) is 31.2 Å². The molecule has 0 bridgehead atoms. The van der Waals surface area contributed by atoms with Crippen LogP contribution in [0.1, 0.15) is 11.1 Å². The summed E-state index contributed by atoms with van der Waals surface area (Å²) in [6, 6.07) is 14.1. The van der Waals surface area contributed by atoms with Gasteiger partial charge in [-0.3, -0.25) is 0 Å². The molecule has 0 spiro atoms. The van der Waals surface area contributed by atoms with Gasteiger partial charge in [0.1, 0.15) is 23.3 Å². The number of hydrogen-bond acceptors (Lipinski definition) is 3. The van der Waals surface area contributed by atoms with E-state index in [-0.39, 0.29) is 16.4 Å². The van der Waals surface area contributed by atoms with Gasteiger partial charge in [0.15, 0.2) is 0 Å². The van der Waals surface area contributed by atoms with Gasteiger partial charge in [-0.2, -0.15) is 5.26 Å². The number of benzene rings is 2. The highest BCUT2D eigenvalue weighted by Gasteiger charge is 2.19. The first-order valence-electron chi connectivity index (χ1n) is 7.34. The second-order valence-electron chi connectivity index (χ2n) is 5.47. The summed E-state index contributed by atoms with van der Waals surface area (Å²) >= 11 is 9.17. The van der Waals surface area contributed by atoms with Gasteiger partial charge in [-0.15, -0.1) is 0 Å². The maximum atomic E-state index is 13.9. The second-order valence-corrected chi connectivity index (χ2v) is 6.79. The number of halogens is 3. The van der Waals surface area contributed by atoms with Crippen LogP contribution in [0.25, 0.3) is 22.4 Å². The van der Waals surface area contributed by atoms with Gasteiger partial charge in [0.2, 0.25) is 0 Å². The van der Waals surface area contributed by atoms with Gasteiger partial charge in [0.25, 0.3) is 0 Å². The number of nitrogens with zero attached hydrogens (tertiary/aromatic N) is 2. The molecule has 0 saturated carbocycles. The van der Waals surface area contributed by atoms with Crippen LogP contribution in [0.15, 0.2) is 46.9 Å². The summed E-state index contributed by atoms with van der Waals surface area (Å²) < 4.78 is 14.9. The Morgan fingerprint density at radius 3 is 2.40 bits per heavy atom. The standard InChI is InChI=1S/C19H12BrClFN3/c1-10-17(12-4-7-15(21)16(22)8-12)14(9-23)19(24)25-18(10)11-2-5-13(20)6-3-11/h2-8H,1H3,(H2,24,25). The molecule has 0 aliphatic rings. The molecule has 0 radical (unpaired) electrons. The smallest absolute Gasteiger partial charge is 0.142 e. The van der Waals surface area contributed by atoms with Crippen molar-refractivity contribution in [3.63, 3.8) is 0 Å². The van der Waals surface area contributed by atoms with Crippen molar-refractivity contribution in [1.29, 1.82) is 5.26 Å². The first-order valence-corrected chi connectivity index (χ1v) is 8.51. The molecule has 3 aromatic rings. The van der Waals surface area contributed by atoms with E-state index < -0.39 is 5.82 Å². The molecule has 124 valence electrons. The third-order valence-corrected chi connectivity index (χ3v) is 4.74. The number of nitrogens with two attached hydrogens (primary N) is 1. The van der Waals surface area contributed by atoms with Crippen molar-refractivity contribution in [2.24, 2.45) is 0 Å². The first-order chi connectivity index (χ1) is 11.9. The van der Waals surface area contributed by atoms with Crippen molar-refractivity contribution in [1.82, 2.24) is 4.98 Å². The molecular weight excluding hydrogens is 405 g/mol. The van der Waals surface area contributed by atoms with Crippen molar-refractivity contribution < 1.29 is 4.39 Å². The summed E-state index contributed by atoms with van der Waals surface area (Å²) in [6.45, 7) is 1.84. The minimum Gasteiger partial charge on any atom is -0.383 e. The third kappa shape index (κ3) is 3.23. The topological polar surface area (TPSA) is 62.7 Å². The minimum absolute atomic E-state index is 0.0232. The average Bonchev–Trinajstić information content (AvgIpc) is 2.59. The van der Waals surface area contributed by atoms with E-state index in [1.54, 1.807) is 6.07 Å². The molecule has 1 aromatic heterocycles. The third-order valence-electron chi connectivity index (χ3n) is 3.91. The molecule has 0 amide bonds. The zero-order valence-electron chi connectivity index (χ0n) is 13.1. The molecule has 0 saturated heterocycles. The van der Waals surface area contributed by atoms with Crippen molar-refractivity contribution in [2.75, 3.05) is 5.73 Å². The van der Waals surface area contributed by atoms with Crippen LogP contribution >= 0.6 is 27.5 Å². The van der Waals surface area contributed by atoms with E-state index in [2.05, 4.69) is 27.0 Å². The van der Waals surface area contributed by atoms with Gasteiger partial charge in [-0.1, -0.05) is 45.7 Å². The lowest BCUT2D eigenvalue weighted by Crippen LogP contribution is -2.03. The van der Waals surface area contributed by atoms with Crippen molar-refractivity contribution >= 4 is 33.3 Å². The summed E-state index contributed by atoms with van der Waals surface area (Å²) in [4.78, 5) is 4.39. The fourth-order valence-corrected chi connectivity index (χ4v) is 3.09. The number of nitrogen functional groups attached to an aromatic ring is 1. The molecule has 2 N–H and O–H groups in total. The molecule has 0 fully saturated rings. The van der Waals surface area contributed by atoms with E-state index in [4.69, 9.17) is 17.3 Å². The quantitative estimate of drug-likeness (QED) is 0.580. The zero-order chi connectivity index (χ0) is 18.1. The molecule has 6 heteroatoms. The van der Waals surface area contributed by atoms with Crippen LogP contribution in [0.5, 0.6) is 0 Å². The Bertz CT molecular complexity index is 1010. The van der Waals surface area contributed by atoms with E-state index >= 15 is 0 Å². The Hall–Kier alpha value is -2.42. The average molecular weight is 417 g/mol. The van der Waals surface area contributed by atoms with Gasteiger partial charge in [-0.25, -0.2) is 9.37 Å². The molecular formula is C19H12BrClFN3. The number of pyridine rings is 1. The highest BCUT2D eigenvalue weighted by Crippen LogP contribution is 2.37. The largest absolute Gasteiger partial charge is 0.383 e. The summed E-state index contributed by atoms with van der Waals surface area (Å²) in [5, 5.41) is 9.53. The van der Waals surface area contributed by atoms with Crippen LogP contribution in [0.2, 0.25) is 5.02 Å². The number of hydrogen-bond donors (Lipinski definition) is 1. The summed E-state index contributed by atoms with van der Waals surface area (Å²) in [7, 11) is 0. The van der Waals surface area contributed by atoms with Gasteiger partial charge < -0.3 is 5.73 Å². The van der Waals surface area contributed by atoms with Gasteiger partial charge in [0, 0.05) is 15.6 Å². The Balaban J connectivity index is 2.31. The molecule has 25 heavy (non-hydrogen) atoms. The van der Waals surface area contributed by atoms with E-state index in [1.165, 1.54) is 12.1 Å². The lowest BCUT2D eigenvalue weighted by atomic mass is 9.93. The first kappa shape index (κ1) is 17.4. The maximum absolute atomic E-state index is 13.9.